The SMILES string of the molecule is CC(CNC1CCOC1C1CC1)C(N)=NO. The average Bonchev–Trinajstić information content (AvgIpc) is 3.04. The highest BCUT2D eigenvalue weighted by Crippen LogP contribution is 2.38. The van der Waals surface area contributed by atoms with E-state index in [1.165, 1.54) is 12.8 Å². The summed E-state index contributed by atoms with van der Waals surface area (Å²) in [5.41, 5.74) is 5.54. The number of nitrogens with zero attached hydrogens (tertiary/aromatic N) is 1. The zero-order chi connectivity index (χ0) is 11.5. The van der Waals surface area contributed by atoms with Gasteiger partial charge in [-0.1, -0.05) is 12.1 Å². The Bertz CT molecular complexity index is 266. The van der Waals surface area contributed by atoms with Crippen LogP contribution in [0.4, 0.5) is 0 Å². The minimum absolute atomic E-state index is 0.0606. The summed E-state index contributed by atoms with van der Waals surface area (Å²) in [6, 6.07) is 0.446. The van der Waals surface area contributed by atoms with Gasteiger partial charge in [0.1, 0.15) is 5.84 Å². The molecule has 1 aliphatic heterocycles. The summed E-state index contributed by atoms with van der Waals surface area (Å²) in [5.74, 6) is 1.11. The molecule has 0 aromatic heterocycles. The summed E-state index contributed by atoms with van der Waals surface area (Å²) in [6.45, 7) is 3.55. The van der Waals surface area contributed by atoms with E-state index in [1.807, 2.05) is 6.92 Å². The number of hydrogen-bond donors (Lipinski definition) is 3. The van der Waals surface area contributed by atoms with E-state index in [1.54, 1.807) is 0 Å². The van der Waals surface area contributed by atoms with Gasteiger partial charge < -0.3 is 21.0 Å². The van der Waals surface area contributed by atoms with Gasteiger partial charge in [0, 0.05) is 25.1 Å². The van der Waals surface area contributed by atoms with Crippen molar-refractivity contribution in [2.24, 2.45) is 22.7 Å². The molecular formula is C11H21N3O2. The fourth-order valence-corrected chi connectivity index (χ4v) is 2.25. The maximum absolute atomic E-state index is 8.56. The van der Waals surface area contributed by atoms with Crippen LogP contribution in [0, 0.1) is 11.8 Å². The zero-order valence-corrected chi connectivity index (χ0v) is 9.72. The van der Waals surface area contributed by atoms with E-state index < -0.39 is 0 Å². The number of hydrogen-bond acceptors (Lipinski definition) is 4. The lowest BCUT2D eigenvalue weighted by Crippen LogP contribution is -2.42. The van der Waals surface area contributed by atoms with E-state index in [0.29, 0.717) is 12.1 Å². The normalized spacial score (nSPS) is 32.9. The van der Waals surface area contributed by atoms with Crippen molar-refractivity contribution in [3.05, 3.63) is 0 Å². The molecule has 92 valence electrons. The van der Waals surface area contributed by atoms with Crippen molar-refractivity contribution in [3.63, 3.8) is 0 Å². The minimum Gasteiger partial charge on any atom is -0.409 e. The first kappa shape index (κ1) is 11.7. The quantitative estimate of drug-likeness (QED) is 0.277. The highest BCUT2D eigenvalue weighted by atomic mass is 16.5. The van der Waals surface area contributed by atoms with Gasteiger partial charge in [-0.2, -0.15) is 0 Å². The van der Waals surface area contributed by atoms with Crippen molar-refractivity contribution in [3.8, 4) is 0 Å². The number of nitrogens with one attached hydrogen (secondary N) is 1. The van der Waals surface area contributed by atoms with Crippen LogP contribution in [-0.4, -0.2) is 36.3 Å². The Morgan fingerprint density at radius 1 is 1.56 bits per heavy atom. The zero-order valence-electron chi connectivity index (χ0n) is 9.72. The number of nitrogens with two attached hydrogens (primary N) is 1. The molecular weight excluding hydrogens is 206 g/mol. The van der Waals surface area contributed by atoms with Crippen LogP contribution in [0.1, 0.15) is 26.2 Å². The van der Waals surface area contributed by atoms with E-state index in [2.05, 4.69) is 10.5 Å². The monoisotopic (exact) mass is 227 g/mol. The highest BCUT2D eigenvalue weighted by molar-refractivity contribution is 5.82. The predicted octanol–water partition coefficient (Wildman–Crippen LogP) is 0.526. The van der Waals surface area contributed by atoms with Crippen molar-refractivity contribution in [2.75, 3.05) is 13.2 Å². The molecule has 1 aliphatic carbocycles. The number of ether oxygens (including phenoxy) is 1. The highest BCUT2D eigenvalue weighted by Gasteiger charge is 2.40. The molecule has 1 saturated heterocycles. The fraction of sp³-hybridized carbons (Fsp3) is 0.909. The Morgan fingerprint density at radius 3 is 2.94 bits per heavy atom. The summed E-state index contributed by atoms with van der Waals surface area (Å²) >= 11 is 0. The first-order valence-electron chi connectivity index (χ1n) is 6.04. The van der Waals surface area contributed by atoms with E-state index >= 15 is 0 Å². The summed E-state index contributed by atoms with van der Waals surface area (Å²) < 4.78 is 5.74. The summed E-state index contributed by atoms with van der Waals surface area (Å²) in [5, 5.41) is 15.1. The average molecular weight is 227 g/mol. The third-order valence-corrected chi connectivity index (χ3v) is 3.53. The molecule has 5 heteroatoms. The molecule has 1 heterocycles. The molecule has 4 N–H and O–H groups in total. The topological polar surface area (TPSA) is 79.9 Å². The molecule has 0 aromatic rings. The first-order valence-corrected chi connectivity index (χ1v) is 6.04. The standard InChI is InChI=1S/C11H21N3O2/c1-7(11(12)14-15)6-13-9-4-5-16-10(9)8-2-3-8/h7-10,13,15H,2-6H2,1H3,(H2,12,14). The van der Waals surface area contributed by atoms with Crippen LogP contribution in [0.15, 0.2) is 5.16 Å². The molecule has 0 amide bonds. The van der Waals surface area contributed by atoms with E-state index in [-0.39, 0.29) is 11.8 Å². The van der Waals surface area contributed by atoms with Crippen molar-refractivity contribution < 1.29 is 9.94 Å². The first-order chi connectivity index (χ1) is 7.72. The Labute approximate surface area is 96.0 Å². The smallest absolute Gasteiger partial charge is 0.143 e. The largest absolute Gasteiger partial charge is 0.409 e. The number of amidine groups is 1. The lowest BCUT2D eigenvalue weighted by molar-refractivity contribution is 0.0809. The summed E-state index contributed by atoms with van der Waals surface area (Å²) in [4.78, 5) is 0. The van der Waals surface area contributed by atoms with Crippen molar-refractivity contribution in [1.82, 2.24) is 5.32 Å². The van der Waals surface area contributed by atoms with Gasteiger partial charge in [-0.05, 0) is 25.2 Å². The second-order valence-corrected chi connectivity index (χ2v) is 4.90. The van der Waals surface area contributed by atoms with Gasteiger partial charge in [0.25, 0.3) is 0 Å². The van der Waals surface area contributed by atoms with E-state index in [0.717, 1.165) is 25.5 Å². The van der Waals surface area contributed by atoms with Gasteiger partial charge in [0.2, 0.25) is 0 Å². The molecule has 2 rings (SSSR count). The van der Waals surface area contributed by atoms with Gasteiger partial charge in [-0.15, -0.1) is 0 Å². The molecule has 3 atom stereocenters. The number of oxime groups is 1. The van der Waals surface area contributed by atoms with Crippen LogP contribution < -0.4 is 11.1 Å². The molecule has 0 bridgehead atoms. The fourth-order valence-electron chi connectivity index (χ4n) is 2.25. The predicted molar refractivity (Wildman–Crippen MR) is 61.4 cm³/mol. The van der Waals surface area contributed by atoms with E-state index in [9.17, 15) is 0 Å². The van der Waals surface area contributed by atoms with Gasteiger partial charge in [-0.25, -0.2) is 0 Å². The molecule has 5 nitrogen and oxygen atoms in total. The van der Waals surface area contributed by atoms with Crippen LogP contribution in [0.25, 0.3) is 0 Å². The minimum atomic E-state index is 0.0606. The lowest BCUT2D eigenvalue weighted by atomic mass is 10.0. The third kappa shape index (κ3) is 2.65. The second-order valence-electron chi connectivity index (χ2n) is 4.90. The maximum Gasteiger partial charge on any atom is 0.143 e. The maximum atomic E-state index is 8.56. The van der Waals surface area contributed by atoms with Crippen LogP contribution >= 0.6 is 0 Å². The molecule has 0 spiro atoms. The Morgan fingerprint density at radius 2 is 2.31 bits per heavy atom. The summed E-state index contributed by atoms with van der Waals surface area (Å²) in [6.07, 6.45) is 4.07. The van der Waals surface area contributed by atoms with Crippen molar-refractivity contribution in [2.45, 2.75) is 38.3 Å². The number of rotatable bonds is 5. The van der Waals surface area contributed by atoms with Crippen molar-refractivity contribution >= 4 is 5.84 Å². The second kappa shape index (κ2) is 5.01. The molecule has 1 saturated carbocycles. The van der Waals surface area contributed by atoms with Crippen LogP contribution in [0.5, 0.6) is 0 Å². The Kier molecular flexibility index (Phi) is 3.66. The Balaban J connectivity index is 1.76. The third-order valence-electron chi connectivity index (χ3n) is 3.53. The Hall–Kier alpha value is -0.810. The van der Waals surface area contributed by atoms with Crippen LogP contribution in [-0.2, 0) is 4.74 Å². The molecule has 0 aromatic carbocycles. The molecule has 0 radical (unpaired) electrons. The molecule has 2 aliphatic rings. The van der Waals surface area contributed by atoms with Gasteiger partial charge in [0.15, 0.2) is 0 Å². The van der Waals surface area contributed by atoms with Crippen LogP contribution in [0.2, 0.25) is 0 Å². The van der Waals surface area contributed by atoms with Gasteiger partial charge >= 0.3 is 0 Å². The van der Waals surface area contributed by atoms with Crippen LogP contribution in [0.3, 0.4) is 0 Å². The van der Waals surface area contributed by atoms with Crippen molar-refractivity contribution in [1.29, 1.82) is 0 Å². The van der Waals surface area contributed by atoms with Gasteiger partial charge in [-0.3, -0.25) is 0 Å². The lowest BCUT2D eigenvalue weighted by Gasteiger charge is -2.21. The molecule has 3 unspecified atom stereocenters. The molecule has 2 fully saturated rings. The molecule has 16 heavy (non-hydrogen) atoms. The van der Waals surface area contributed by atoms with Gasteiger partial charge in [0.05, 0.1) is 6.10 Å². The van der Waals surface area contributed by atoms with E-state index in [4.69, 9.17) is 15.7 Å². The summed E-state index contributed by atoms with van der Waals surface area (Å²) in [7, 11) is 0.